The van der Waals surface area contributed by atoms with Gasteiger partial charge in [0.2, 0.25) is 5.91 Å². The summed E-state index contributed by atoms with van der Waals surface area (Å²) in [5, 5.41) is 3.03. The van der Waals surface area contributed by atoms with Gasteiger partial charge in [0.25, 0.3) is 0 Å². The van der Waals surface area contributed by atoms with Gasteiger partial charge in [-0.15, -0.1) is 0 Å². The molecule has 0 saturated carbocycles. The van der Waals surface area contributed by atoms with Crippen molar-refractivity contribution in [3.8, 4) is 5.75 Å². The van der Waals surface area contributed by atoms with Crippen molar-refractivity contribution in [2.24, 2.45) is 0 Å². The maximum absolute atomic E-state index is 12.4. The lowest BCUT2D eigenvalue weighted by atomic mass is 9.99. The zero-order valence-electron chi connectivity index (χ0n) is 14.6. The Labute approximate surface area is 143 Å². The minimum Gasteiger partial charge on any atom is -0.497 e. The van der Waals surface area contributed by atoms with E-state index in [9.17, 15) is 4.79 Å². The number of carbonyl (C=O) groups excluding carboxylic acids is 1. The number of amides is 1. The first kappa shape index (κ1) is 16.5. The van der Waals surface area contributed by atoms with Crippen LogP contribution in [0.25, 0.3) is 0 Å². The molecule has 3 rings (SSSR count). The highest BCUT2D eigenvalue weighted by atomic mass is 16.5. The Morgan fingerprint density at radius 1 is 1.17 bits per heavy atom. The molecule has 1 N–H and O–H groups in total. The van der Waals surface area contributed by atoms with Crippen molar-refractivity contribution in [1.29, 1.82) is 0 Å². The summed E-state index contributed by atoms with van der Waals surface area (Å²) < 4.78 is 5.30. The van der Waals surface area contributed by atoms with E-state index in [1.165, 1.54) is 16.7 Å². The van der Waals surface area contributed by atoms with Gasteiger partial charge in [-0.2, -0.15) is 0 Å². The summed E-state index contributed by atoms with van der Waals surface area (Å²) in [6.07, 6.45) is 0.968. The summed E-state index contributed by atoms with van der Waals surface area (Å²) in [4.78, 5) is 14.6. The highest BCUT2D eigenvalue weighted by molar-refractivity contribution is 5.93. The third kappa shape index (κ3) is 3.77. The van der Waals surface area contributed by atoms with Gasteiger partial charge in [0.1, 0.15) is 5.75 Å². The summed E-state index contributed by atoms with van der Waals surface area (Å²) in [6.45, 7) is 6.17. The number of hydrogen-bond acceptors (Lipinski definition) is 3. The molecule has 24 heavy (non-hydrogen) atoms. The second-order valence-electron chi connectivity index (χ2n) is 6.46. The lowest BCUT2D eigenvalue weighted by Gasteiger charge is -2.28. The minimum atomic E-state index is 0.0355. The van der Waals surface area contributed by atoms with Crippen LogP contribution >= 0.6 is 0 Å². The standard InChI is InChI=1S/C20H24N2O2/c1-14-4-7-19(15(2)10-14)21-20(23)13-22-9-8-16-5-6-18(24-3)11-17(16)12-22/h4-7,10-11H,8-9,12-13H2,1-3H3,(H,21,23). The molecule has 2 aromatic carbocycles. The second kappa shape index (κ2) is 7.05. The van der Waals surface area contributed by atoms with Crippen molar-refractivity contribution in [3.63, 3.8) is 0 Å². The second-order valence-corrected chi connectivity index (χ2v) is 6.46. The van der Waals surface area contributed by atoms with Crippen molar-refractivity contribution < 1.29 is 9.53 Å². The maximum Gasteiger partial charge on any atom is 0.238 e. The predicted molar refractivity (Wildman–Crippen MR) is 96.5 cm³/mol. The molecule has 1 amide bonds. The molecular weight excluding hydrogens is 300 g/mol. The highest BCUT2D eigenvalue weighted by Gasteiger charge is 2.19. The van der Waals surface area contributed by atoms with Crippen molar-refractivity contribution in [2.75, 3.05) is 25.5 Å². The van der Waals surface area contributed by atoms with Gasteiger partial charge in [-0.25, -0.2) is 0 Å². The number of ether oxygens (including phenoxy) is 1. The van der Waals surface area contributed by atoms with E-state index in [0.717, 1.165) is 36.5 Å². The minimum absolute atomic E-state index is 0.0355. The van der Waals surface area contributed by atoms with Crippen LogP contribution in [0.4, 0.5) is 5.69 Å². The lowest BCUT2D eigenvalue weighted by Crippen LogP contribution is -2.37. The number of methoxy groups -OCH3 is 1. The molecule has 0 radical (unpaired) electrons. The molecular formula is C20H24N2O2. The Balaban J connectivity index is 1.63. The van der Waals surface area contributed by atoms with E-state index in [1.54, 1.807) is 7.11 Å². The molecule has 0 saturated heterocycles. The number of aryl methyl sites for hydroxylation is 2. The fourth-order valence-electron chi connectivity index (χ4n) is 3.20. The summed E-state index contributed by atoms with van der Waals surface area (Å²) in [7, 11) is 1.68. The van der Waals surface area contributed by atoms with Crippen LogP contribution in [0.5, 0.6) is 5.75 Å². The molecule has 0 bridgehead atoms. The van der Waals surface area contributed by atoms with Gasteiger partial charge in [-0.3, -0.25) is 9.69 Å². The zero-order valence-corrected chi connectivity index (χ0v) is 14.6. The summed E-state index contributed by atoms with van der Waals surface area (Å²) in [5.74, 6) is 0.906. The topological polar surface area (TPSA) is 41.6 Å². The monoisotopic (exact) mass is 324 g/mol. The first-order valence-corrected chi connectivity index (χ1v) is 8.30. The van der Waals surface area contributed by atoms with Gasteiger partial charge in [-0.1, -0.05) is 23.8 Å². The van der Waals surface area contributed by atoms with Gasteiger partial charge in [-0.05, 0) is 55.2 Å². The Morgan fingerprint density at radius 2 is 2.00 bits per heavy atom. The first-order valence-electron chi connectivity index (χ1n) is 8.30. The van der Waals surface area contributed by atoms with Crippen LogP contribution in [0, 0.1) is 13.8 Å². The molecule has 0 fully saturated rings. The van der Waals surface area contributed by atoms with E-state index < -0.39 is 0 Å². The normalized spacial score (nSPS) is 14.1. The smallest absolute Gasteiger partial charge is 0.238 e. The third-order valence-corrected chi connectivity index (χ3v) is 4.53. The summed E-state index contributed by atoms with van der Waals surface area (Å²) >= 11 is 0. The molecule has 126 valence electrons. The third-order valence-electron chi connectivity index (χ3n) is 4.53. The van der Waals surface area contributed by atoms with Crippen LogP contribution in [0.15, 0.2) is 36.4 Å². The number of nitrogens with one attached hydrogen (secondary N) is 1. The summed E-state index contributed by atoms with van der Waals surface area (Å²) in [5.41, 5.74) is 5.79. The van der Waals surface area contributed by atoms with Crippen LogP contribution in [-0.2, 0) is 17.8 Å². The van der Waals surface area contributed by atoms with E-state index in [-0.39, 0.29) is 5.91 Å². The molecule has 4 nitrogen and oxygen atoms in total. The Hall–Kier alpha value is -2.33. The maximum atomic E-state index is 12.4. The van der Waals surface area contributed by atoms with Crippen LogP contribution in [0.3, 0.4) is 0 Å². The van der Waals surface area contributed by atoms with Gasteiger partial charge < -0.3 is 10.1 Å². The van der Waals surface area contributed by atoms with Crippen LogP contribution in [-0.4, -0.2) is 31.0 Å². The van der Waals surface area contributed by atoms with Crippen molar-refractivity contribution in [3.05, 3.63) is 58.7 Å². The van der Waals surface area contributed by atoms with E-state index in [0.29, 0.717) is 6.54 Å². The first-order chi connectivity index (χ1) is 11.5. The predicted octanol–water partition coefficient (Wildman–Crippen LogP) is 3.31. The van der Waals surface area contributed by atoms with E-state index in [1.807, 2.05) is 25.1 Å². The number of rotatable bonds is 4. The zero-order chi connectivity index (χ0) is 17.1. The quantitative estimate of drug-likeness (QED) is 0.938. The molecule has 1 heterocycles. The molecule has 1 aliphatic heterocycles. The average Bonchev–Trinajstić information content (AvgIpc) is 2.56. The van der Waals surface area contributed by atoms with Crippen molar-refractivity contribution in [1.82, 2.24) is 4.90 Å². The fraction of sp³-hybridized carbons (Fsp3) is 0.350. The Bertz CT molecular complexity index is 755. The highest BCUT2D eigenvalue weighted by Crippen LogP contribution is 2.24. The lowest BCUT2D eigenvalue weighted by molar-refractivity contribution is -0.117. The van der Waals surface area contributed by atoms with Crippen LogP contribution in [0.1, 0.15) is 22.3 Å². The van der Waals surface area contributed by atoms with E-state index in [4.69, 9.17) is 4.74 Å². The van der Waals surface area contributed by atoms with Gasteiger partial charge in [0.15, 0.2) is 0 Å². The molecule has 0 spiro atoms. The summed E-state index contributed by atoms with van der Waals surface area (Å²) in [6, 6.07) is 12.3. The molecule has 0 aliphatic carbocycles. The Kier molecular flexibility index (Phi) is 4.86. The number of carbonyl (C=O) groups is 1. The molecule has 0 aromatic heterocycles. The average molecular weight is 324 g/mol. The van der Waals surface area contributed by atoms with Gasteiger partial charge in [0, 0.05) is 18.8 Å². The van der Waals surface area contributed by atoms with Crippen LogP contribution in [0.2, 0.25) is 0 Å². The molecule has 0 unspecified atom stereocenters. The number of fused-ring (bicyclic) bond motifs is 1. The van der Waals surface area contributed by atoms with E-state index in [2.05, 4.69) is 35.3 Å². The SMILES string of the molecule is COc1ccc2c(c1)CN(CC(=O)Nc1ccc(C)cc1C)CC2. The number of hydrogen-bond donors (Lipinski definition) is 1. The molecule has 0 atom stereocenters. The largest absolute Gasteiger partial charge is 0.497 e. The van der Waals surface area contributed by atoms with Crippen LogP contribution < -0.4 is 10.1 Å². The van der Waals surface area contributed by atoms with E-state index >= 15 is 0 Å². The number of benzene rings is 2. The van der Waals surface area contributed by atoms with Gasteiger partial charge in [0.05, 0.1) is 13.7 Å². The fourth-order valence-corrected chi connectivity index (χ4v) is 3.20. The van der Waals surface area contributed by atoms with Crippen molar-refractivity contribution >= 4 is 11.6 Å². The van der Waals surface area contributed by atoms with Crippen molar-refractivity contribution in [2.45, 2.75) is 26.8 Å². The van der Waals surface area contributed by atoms with Gasteiger partial charge >= 0.3 is 0 Å². The Morgan fingerprint density at radius 3 is 2.75 bits per heavy atom. The number of anilines is 1. The molecule has 4 heteroatoms. The molecule has 2 aromatic rings. The number of nitrogens with zero attached hydrogens (tertiary/aromatic N) is 1. The molecule has 1 aliphatic rings.